The highest BCUT2D eigenvalue weighted by atomic mass is 32.2. The topological polar surface area (TPSA) is 78.8 Å². The van der Waals surface area contributed by atoms with E-state index < -0.39 is 15.9 Å². The zero-order valence-electron chi connectivity index (χ0n) is 15.6. The fourth-order valence-electron chi connectivity index (χ4n) is 3.05. The number of amides is 1. The Kier molecular flexibility index (Phi) is 6.21. The van der Waals surface area contributed by atoms with Crippen molar-refractivity contribution in [3.8, 4) is 0 Å². The van der Waals surface area contributed by atoms with Crippen LogP contribution < -0.4 is 5.43 Å². The van der Waals surface area contributed by atoms with Crippen molar-refractivity contribution in [1.29, 1.82) is 0 Å². The van der Waals surface area contributed by atoms with Crippen LogP contribution in [0.15, 0.2) is 58.5 Å². The van der Waals surface area contributed by atoms with Crippen molar-refractivity contribution in [1.82, 2.24) is 9.73 Å². The number of hydrogen-bond acceptors (Lipinski definition) is 4. The van der Waals surface area contributed by atoms with Crippen LogP contribution in [0.25, 0.3) is 0 Å². The fraction of sp³-hybridized carbons (Fsp3) is 0.300. The Morgan fingerprint density at radius 1 is 1.11 bits per heavy atom. The summed E-state index contributed by atoms with van der Waals surface area (Å²) in [5.41, 5.74) is 3.96. The number of nitrogens with zero attached hydrogens (tertiary/aromatic N) is 2. The Morgan fingerprint density at radius 2 is 1.79 bits per heavy atom. The molecule has 1 aliphatic heterocycles. The van der Waals surface area contributed by atoms with Crippen molar-refractivity contribution in [2.24, 2.45) is 5.10 Å². The van der Waals surface area contributed by atoms with Gasteiger partial charge in [0.25, 0.3) is 5.91 Å². The maximum Gasteiger partial charge on any atom is 0.271 e. The lowest BCUT2D eigenvalue weighted by molar-refractivity contribution is 0.0954. The van der Waals surface area contributed by atoms with E-state index in [4.69, 9.17) is 0 Å². The van der Waals surface area contributed by atoms with Gasteiger partial charge in [-0.2, -0.15) is 9.41 Å². The van der Waals surface area contributed by atoms with E-state index in [1.807, 2.05) is 6.92 Å². The van der Waals surface area contributed by atoms with E-state index in [0.717, 1.165) is 12.8 Å². The molecule has 0 aromatic heterocycles. The molecule has 0 saturated carbocycles. The molecule has 0 unspecified atom stereocenters. The van der Waals surface area contributed by atoms with Crippen molar-refractivity contribution in [2.75, 3.05) is 13.1 Å². The summed E-state index contributed by atoms with van der Waals surface area (Å²) in [7, 11) is -3.60. The molecule has 6 nitrogen and oxygen atoms in total. The minimum absolute atomic E-state index is 0.0975. The normalized spacial score (nSPS) is 15.6. The van der Waals surface area contributed by atoms with Gasteiger partial charge in [-0.3, -0.25) is 4.79 Å². The Bertz CT molecular complexity index is 982. The summed E-state index contributed by atoms with van der Waals surface area (Å²) in [5.74, 6) is -0.856. The molecular weight excluding hydrogens is 381 g/mol. The first-order valence-electron chi connectivity index (χ1n) is 9.15. The van der Waals surface area contributed by atoms with Crippen LogP contribution in [-0.4, -0.2) is 37.4 Å². The van der Waals surface area contributed by atoms with Crippen LogP contribution in [0, 0.1) is 5.82 Å². The highest BCUT2D eigenvalue weighted by Crippen LogP contribution is 2.21. The Balaban J connectivity index is 1.78. The van der Waals surface area contributed by atoms with Crippen LogP contribution in [0.5, 0.6) is 0 Å². The van der Waals surface area contributed by atoms with E-state index in [2.05, 4.69) is 10.5 Å². The molecule has 1 heterocycles. The summed E-state index contributed by atoms with van der Waals surface area (Å²) in [4.78, 5) is 12.6. The minimum atomic E-state index is -3.60. The van der Waals surface area contributed by atoms with Gasteiger partial charge in [0, 0.05) is 18.7 Å². The summed E-state index contributed by atoms with van der Waals surface area (Å²) >= 11 is 0. The van der Waals surface area contributed by atoms with Crippen molar-refractivity contribution in [3.05, 3.63) is 65.5 Å². The molecule has 1 saturated heterocycles. The van der Waals surface area contributed by atoms with Crippen LogP contribution in [0.4, 0.5) is 4.39 Å². The maximum absolute atomic E-state index is 13.1. The number of rotatable bonds is 6. The fourth-order valence-corrected chi connectivity index (χ4v) is 4.61. The van der Waals surface area contributed by atoms with Gasteiger partial charge in [0.15, 0.2) is 0 Å². The predicted molar refractivity (Wildman–Crippen MR) is 105 cm³/mol. The lowest BCUT2D eigenvalue weighted by Crippen LogP contribution is -2.28. The van der Waals surface area contributed by atoms with E-state index in [1.165, 1.54) is 34.6 Å². The van der Waals surface area contributed by atoms with Crippen molar-refractivity contribution in [2.45, 2.75) is 31.1 Å². The lowest BCUT2D eigenvalue weighted by atomic mass is 10.1. The zero-order chi connectivity index (χ0) is 20.1. The summed E-state index contributed by atoms with van der Waals surface area (Å²) in [6.45, 7) is 2.87. The van der Waals surface area contributed by atoms with Gasteiger partial charge in [-0.1, -0.05) is 25.1 Å². The second kappa shape index (κ2) is 8.62. The number of carbonyl (C=O) groups is 1. The van der Waals surface area contributed by atoms with Gasteiger partial charge in [-0.25, -0.2) is 18.2 Å². The van der Waals surface area contributed by atoms with Gasteiger partial charge in [-0.15, -0.1) is 0 Å². The Morgan fingerprint density at radius 3 is 2.43 bits per heavy atom. The molecule has 2 aromatic rings. The Labute approximate surface area is 164 Å². The molecule has 148 valence electrons. The monoisotopic (exact) mass is 403 g/mol. The lowest BCUT2D eigenvalue weighted by Gasteiger charge is -2.15. The predicted octanol–water partition coefficient (Wildman–Crippen LogP) is 3.15. The van der Waals surface area contributed by atoms with Gasteiger partial charge in [0.2, 0.25) is 10.0 Å². The first-order valence-corrected chi connectivity index (χ1v) is 10.6. The van der Waals surface area contributed by atoms with Crippen LogP contribution in [-0.2, 0) is 10.0 Å². The third-order valence-electron chi connectivity index (χ3n) is 4.60. The number of hydrogen-bond donors (Lipinski definition) is 1. The molecule has 3 rings (SSSR count). The number of hydrazone groups is 1. The van der Waals surface area contributed by atoms with Gasteiger partial charge in [0.05, 0.1) is 10.6 Å². The van der Waals surface area contributed by atoms with Crippen LogP contribution in [0.3, 0.4) is 0 Å². The van der Waals surface area contributed by atoms with Crippen LogP contribution in [0.1, 0.15) is 42.1 Å². The van der Waals surface area contributed by atoms with E-state index in [9.17, 15) is 17.6 Å². The number of carbonyl (C=O) groups excluding carboxylic acids is 1. The standard InChI is InChI=1S/C20H22FN3O3S/c1-2-19(15-8-10-17(21)11-9-15)22-23-20(25)16-6-5-7-18(14-16)28(26,27)24-12-3-4-13-24/h5-11,14H,2-4,12-13H2,1H3,(H,23,25)/b22-19-. The SMILES string of the molecule is CC/C(=N/NC(=O)c1cccc(S(=O)(=O)N2CCCC2)c1)c1ccc(F)cc1. The zero-order valence-corrected chi connectivity index (χ0v) is 16.4. The molecule has 0 bridgehead atoms. The average Bonchev–Trinajstić information content (AvgIpc) is 3.25. The van der Waals surface area contributed by atoms with Gasteiger partial charge in [0.1, 0.15) is 5.82 Å². The highest BCUT2D eigenvalue weighted by Gasteiger charge is 2.27. The molecular formula is C20H22FN3O3S. The van der Waals surface area contributed by atoms with Crippen LogP contribution >= 0.6 is 0 Å². The first kappa shape index (κ1) is 20.2. The van der Waals surface area contributed by atoms with E-state index >= 15 is 0 Å². The molecule has 0 aliphatic carbocycles. The van der Waals surface area contributed by atoms with Crippen molar-refractivity contribution in [3.63, 3.8) is 0 Å². The second-order valence-electron chi connectivity index (χ2n) is 6.50. The maximum atomic E-state index is 13.1. The third kappa shape index (κ3) is 4.45. The van der Waals surface area contributed by atoms with Crippen molar-refractivity contribution >= 4 is 21.6 Å². The molecule has 8 heteroatoms. The molecule has 2 aromatic carbocycles. The summed E-state index contributed by atoms with van der Waals surface area (Å²) in [6.07, 6.45) is 2.23. The number of sulfonamides is 1. The number of halogens is 1. The second-order valence-corrected chi connectivity index (χ2v) is 8.44. The molecule has 1 N–H and O–H groups in total. The molecule has 1 aliphatic rings. The molecule has 1 amide bonds. The summed E-state index contributed by atoms with van der Waals surface area (Å²) in [6, 6.07) is 11.8. The smallest absolute Gasteiger partial charge is 0.267 e. The van der Waals surface area contributed by atoms with Gasteiger partial charge in [-0.05, 0) is 55.2 Å². The quantitative estimate of drug-likeness (QED) is 0.594. The van der Waals surface area contributed by atoms with E-state index in [-0.39, 0.29) is 16.3 Å². The van der Waals surface area contributed by atoms with Gasteiger partial charge >= 0.3 is 0 Å². The summed E-state index contributed by atoms with van der Waals surface area (Å²) < 4.78 is 39.9. The molecule has 0 radical (unpaired) electrons. The average molecular weight is 403 g/mol. The Hall–Kier alpha value is -2.58. The van der Waals surface area contributed by atoms with E-state index in [1.54, 1.807) is 18.2 Å². The van der Waals surface area contributed by atoms with Crippen LogP contribution in [0.2, 0.25) is 0 Å². The molecule has 1 fully saturated rings. The first-order chi connectivity index (χ1) is 13.4. The molecule has 0 spiro atoms. The number of nitrogens with one attached hydrogen (secondary N) is 1. The number of benzene rings is 2. The minimum Gasteiger partial charge on any atom is -0.267 e. The summed E-state index contributed by atoms with van der Waals surface area (Å²) in [5, 5.41) is 4.12. The highest BCUT2D eigenvalue weighted by molar-refractivity contribution is 7.89. The third-order valence-corrected chi connectivity index (χ3v) is 6.50. The molecule has 28 heavy (non-hydrogen) atoms. The largest absolute Gasteiger partial charge is 0.271 e. The van der Waals surface area contributed by atoms with Gasteiger partial charge < -0.3 is 0 Å². The molecule has 0 atom stereocenters. The van der Waals surface area contributed by atoms with E-state index in [0.29, 0.717) is 30.8 Å². The van der Waals surface area contributed by atoms with Crippen molar-refractivity contribution < 1.29 is 17.6 Å².